The molecule has 2 aromatic rings. The van der Waals surface area contributed by atoms with E-state index in [0.717, 1.165) is 6.42 Å². The highest BCUT2D eigenvalue weighted by molar-refractivity contribution is 5.95. The number of methoxy groups -OCH3 is 1. The first kappa shape index (κ1) is 24.1. The molecule has 2 aromatic carbocycles. The minimum Gasteiger partial charge on any atom is -0.493 e. The van der Waals surface area contributed by atoms with Gasteiger partial charge in [0, 0.05) is 11.3 Å². The highest BCUT2D eigenvalue weighted by Crippen LogP contribution is 2.35. The average molecular weight is 457 g/mol. The van der Waals surface area contributed by atoms with Gasteiger partial charge in [-0.3, -0.25) is 0 Å². The van der Waals surface area contributed by atoms with Crippen LogP contribution in [0.2, 0.25) is 0 Å². The van der Waals surface area contributed by atoms with Crippen LogP contribution >= 0.6 is 0 Å². The van der Waals surface area contributed by atoms with Gasteiger partial charge in [-0.25, -0.2) is 14.0 Å². The van der Waals surface area contributed by atoms with Gasteiger partial charge in [-0.05, 0) is 44.0 Å². The lowest BCUT2D eigenvalue weighted by atomic mass is 9.93. The summed E-state index contributed by atoms with van der Waals surface area (Å²) in [6, 6.07) is 10.4. The second kappa shape index (κ2) is 10.8. The van der Waals surface area contributed by atoms with Crippen molar-refractivity contribution in [2.75, 3.05) is 7.11 Å². The first-order chi connectivity index (χ1) is 15.8. The summed E-state index contributed by atoms with van der Waals surface area (Å²) >= 11 is 0. The molecule has 0 aliphatic carbocycles. The maximum absolute atomic E-state index is 13.9. The highest BCUT2D eigenvalue weighted by Gasteiger charge is 2.34. The second-order valence-corrected chi connectivity index (χ2v) is 7.92. The number of amides is 2. The summed E-state index contributed by atoms with van der Waals surface area (Å²) in [5.74, 6) is -0.0451. The Kier molecular flexibility index (Phi) is 7.92. The maximum atomic E-state index is 13.9. The summed E-state index contributed by atoms with van der Waals surface area (Å²) in [5.41, 5.74) is 1.94. The number of carbonyl (C=O) groups excluding carboxylic acids is 2. The van der Waals surface area contributed by atoms with Crippen LogP contribution in [0.1, 0.15) is 50.8 Å². The van der Waals surface area contributed by atoms with E-state index in [4.69, 9.17) is 14.2 Å². The van der Waals surface area contributed by atoms with Crippen molar-refractivity contribution in [3.63, 3.8) is 0 Å². The molecule has 1 atom stereocenters. The van der Waals surface area contributed by atoms with Gasteiger partial charge < -0.3 is 24.8 Å². The molecule has 0 spiro atoms. The van der Waals surface area contributed by atoms with E-state index in [1.807, 2.05) is 6.92 Å². The van der Waals surface area contributed by atoms with Crippen molar-refractivity contribution in [2.24, 2.45) is 0 Å². The standard InChI is InChI=1S/C25H29FN2O5/c1-5-8-19-22(24(29)33-15(2)3)23(28-25(30)27-19)16-11-12-20(21(13-16)31-4)32-14-17-9-6-7-10-18(17)26/h6-7,9-13,15,23H,5,8,14H2,1-4H3,(H2,27,28,30). The normalized spacial score (nSPS) is 15.7. The average Bonchev–Trinajstić information content (AvgIpc) is 2.77. The zero-order chi connectivity index (χ0) is 24.0. The summed E-state index contributed by atoms with van der Waals surface area (Å²) < 4.78 is 30.6. The van der Waals surface area contributed by atoms with E-state index in [1.54, 1.807) is 50.2 Å². The van der Waals surface area contributed by atoms with Gasteiger partial charge in [0.2, 0.25) is 0 Å². The number of nitrogens with one attached hydrogen (secondary N) is 2. The number of ether oxygens (including phenoxy) is 3. The van der Waals surface area contributed by atoms with Gasteiger partial charge in [0.15, 0.2) is 11.5 Å². The molecular weight excluding hydrogens is 427 g/mol. The lowest BCUT2D eigenvalue weighted by Gasteiger charge is -2.30. The van der Waals surface area contributed by atoms with Crippen molar-refractivity contribution in [1.29, 1.82) is 0 Å². The van der Waals surface area contributed by atoms with Crippen LogP contribution in [-0.4, -0.2) is 25.2 Å². The third kappa shape index (κ3) is 5.83. The number of carbonyl (C=O) groups is 2. The van der Waals surface area contributed by atoms with E-state index in [1.165, 1.54) is 13.2 Å². The fourth-order valence-corrected chi connectivity index (χ4v) is 3.59. The van der Waals surface area contributed by atoms with Crippen LogP contribution in [0.5, 0.6) is 11.5 Å². The molecule has 3 rings (SSSR count). The van der Waals surface area contributed by atoms with Crippen molar-refractivity contribution >= 4 is 12.0 Å². The molecular formula is C25H29FN2O5. The molecule has 7 nitrogen and oxygen atoms in total. The molecule has 0 aromatic heterocycles. The number of benzene rings is 2. The predicted octanol–water partition coefficient (Wildman–Crippen LogP) is 4.77. The van der Waals surface area contributed by atoms with Gasteiger partial charge >= 0.3 is 12.0 Å². The number of rotatable bonds is 9. The molecule has 0 radical (unpaired) electrons. The van der Waals surface area contributed by atoms with Crippen molar-refractivity contribution < 1.29 is 28.2 Å². The summed E-state index contributed by atoms with van der Waals surface area (Å²) in [5, 5.41) is 5.55. The number of hydrogen-bond acceptors (Lipinski definition) is 5. The first-order valence-electron chi connectivity index (χ1n) is 10.9. The quantitative estimate of drug-likeness (QED) is 0.531. The zero-order valence-electron chi connectivity index (χ0n) is 19.2. The zero-order valence-corrected chi connectivity index (χ0v) is 19.2. The number of urea groups is 1. The molecule has 1 aliphatic heterocycles. The highest BCUT2D eigenvalue weighted by atomic mass is 19.1. The van der Waals surface area contributed by atoms with E-state index in [0.29, 0.717) is 40.3 Å². The van der Waals surface area contributed by atoms with E-state index in [-0.39, 0.29) is 18.5 Å². The lowest BCUT2D eigenvalue weighted by Crippen LogP contribution is -2.46. The number of allylic oxidation sites excluding steroid dienone is 1. The van der Waals surface area contributed by atoms with Crippen LogP contribution in [-0.2, 0) is 16.1 Å². The van der Waals surface area contributed by atoms with Crippen LogP contribution in [0.4, 0.5) is 9.18 Å². The van der Waals surface area contributed by atoms with Crippen molar-refractivity contribution in [3.8, 4) is 11.5 Å². The summed E-state index contributed by atoms with van der Waals surface area (Å²) in [6.07, 6.45) is 0.954. The molecule has 2 N–H and O–H groups in total. The minimum absolute atomic E-state index is 0.0268. The Labute approximate surface area is 192 Å². The SMILES string of the molecule is CCCC1=C(C(=O)OC(C)C)C(c2ccc(OCc3ccccc3F)c(OC)c2)NC(=O)N1. The Morgan fingerprint density at radius 2 is 1.91 bits per heavy atom. The fourth-order valence-electron chi connectivity index (χ4n) is 3.59. The van der Waals surface area contributed by atoms with Gasteiger partial charge in [0.25, 0.3) is 0 Å². The van der Waals surface area contributed by atoms with Crippen molar-refractivity contribution in [2.45, 2.75) is 52.4 Å². The van der Waals surface area contributed by atoms with Crippen LogP contribution in [0, 0.1) is 5.82 Å². The Balaban J connectivity index is 1.93. The number of esters is 1. The molecule has 0 bridgehead atoms. The minimum atomic E-state index is -0.721. The fraction of sp³-hybridized carbons (Fsp3) is 0.360. The molecule has 1 aliphatic rings. The third-order valence-electron chi connectivity index (χ3n) is 5.08. The Hall–Kier alpha value is -3.55. The molecule has 33 heavy (non-hydrogen) atoms. The Morgan fingerprint density at radius 3 is 2.58 bits per heavy atom. The van der Waals surface area contributed by atoms with Crippen molar-refractivity contribution in [3.05, 3.63) is 70.7 Å². The van der Waals surface area contributed by atoms with E-state index in [9.17, 15) is 14.0 Å². The number of hydrogen-bond donors (Lipinski definition) is 2. The van der Waals surface area contributed by atoms with E-state index < -0.39 is 18.0 Å². The van der Waals surface area contributed by atoms with Gasteiger partial charge in [-0.1, -0.05) is 37.6 Å². The third-order valence-corrected chi connectivity index (χ3v) is 5.08. The summed E-state index contributed by atoms with van der Waals surface area (Å²) in [7, 11) is 1.49. The first-order valence-corrected chi connectivity index (χ1v) is 10.9. The molecule has 0 fully saturated rings. The summed E-state index contributed by atoms with van der Waals surface area (Å²) in [4.78, 5) is 25.3. The van der Waals surface area contributed by atoms with E-state index in [2.05, 4.69) is 10.6 Å². The lowest BCUT2D eigenvalue weighted by molar-refractivity contribution is -0.143. The van der Waals surface area contributed by atoms with Crippen LogP contribution in [0.3, 0.4) is 0 Å². The predicted molar refractivity (Wildman–Crippen MR) is 121 cm³/mol. The van der Waals surface area contributed by atoms with Gasteiger partial charge in [-0.2, -0.15) is 0 Å². The van der Waals surface area contributed by atoms with Gasteiger partial charge in [0.1, 0.15) is 12.4 Å². The maximum Gasteiger partial charge on any atom is 0.338 e. The van der Waals surface area contributed by atoms with E-state index >= 15 is 0 Å². The smallest absolute Gasteiger partial charge is 0.338 e. The van der Waals surface area contributed by atoms with Crippen LogP contribution in [0.25, 0.3) is 0 Å². The van der Waals surface area contributed by atoms with Gasteiger partial charge in [0.05, 0.1) is 24.8 Å². The molecule has 0 saturated carbocycles. The van der Waals surface area contributed by atoms with Crippen molar-refractivity contribution in [1.82, 2.24) is 10.6 Å². The largest absolute Gasteiger partial charge is 0.493 e. The molecule has 1 heterocycles. The van der Waals surface area contributed by atoms with Gasteiger partial charge in [-0.15, -0.1) is 0 Å². The monoisotopic (exact) mass is 456 g/mol. The molecule has 8 heteroatoms. The second-order valence-electron chi connectivity index (χ2n) is 7.92. The number of halogens is 1. The molecule has 1 unspecified atom stereocenters. The molecule has 0 saturated heterocycles. The molecule has 2 amide bonds. The Morgan fingerprint density at radius 1 is 1.15 bits per heavy atom. The summed E-state index contributed by atoms with van der Waals surface area (Å²) in [6.45, 7) is 5.53. The van der Waals surface area contributed by atoms with Crippen LogP contribution in [0.15, 0.2) is 53.7 Å². The molecule has 176 valence electrons. The topological polar surface area (TPSA) is 85.9 Å². The Bertz CT molecular complexity index is 1050. The van der Waals surface area contributed by atoms with Crippen LogP contribution < -0.4 is 20.1 Å².